The zero-order valence-electron chi connectivity index (χ0n) is 16.2. The molecule has 0 radical (unpaired) electrons. The van der Waals surface area contributed by atoms with Crippen molar-refractivity contribution in [2.75, 3.05) is 0 Å². The number of carboxylic acids is 2. The average Bonchev–Trinajstić information content (AvgIpc) is 2.56. The minimum absolute atomic E-state index is 0.320. The summed E-state index contributed by atoms with van der Waals surface area (Å²) < 4.78 is 0. The summed E-state index contributed by atoms with van der Waals surface area (Å²) in [6.07, 6.45) is 13.0. The molecule has 0 bridgehead atoms. The fourth-order valence-corrected chi connectivity index (χ4v) is 4.31. The second-order valence-electron chi connectivity index (χ2n) is 8.06. The molecule has 25 heavy (non-hydrogen) atoms. The van der Waals surface area contributed by atoms with Crippen LogP contribution in [0.4, 0.5) is 0 Å². The van der Waals surface area contributed by atoms with E-state index in [1.165, 1.54) is 25.7 Å². The van der Waals surface area contributed by atoms with E-state index in [1.54, 1.807) is 6.92 Å². The Balaban J connectivity index is 2.60. The van der Waals surface area contributed by atoms with Crippen molar-refractivity contribution < 1.29 is 19.8 Å². The Morgan fingerprint density at radius 2 is 1.36 bits per heavy atom. The van der Waals surface area contributed by atoms with E-state index in [4.69, 9.17) is 0 Å². The predicted molar refractivity (Wildman–Crippen MR) is 101 cm³/mol. The van der Waals surface area contributed by atoms with Crippen LogP contribution in [0.25, 0.3) is 0 Å². The molecule has 1 aliphatic rings. The second-order valence-corrected chi connectivity index (χ2v) is 8.06. The number of allylic oxidation sites excluding steroid dienone is 2. The zero-order valence-corrected chi connectivity index (χ0v) is 16.2. The van der Waals surface area contributed by atoms with Crippen LogP contribution in [0.15, 0.2) is 12.2 Å². The Labute approximate surface area is 152 Å². The number of hydrogen-bond acceptors (Lipinski definition) is 2. The van der Waals surface area contributed by atoms with Gasteiger partial charge in [0.2, 0.25) is 0 Å². The molecular weight excluding hydrogens is 316 g/mol. The standard InChI is InChI=1S/C21H36O4/c1-4-20(18(22)23)14-11-12-16-21(20,19(24)25)15-10-8-6-5-7-9-13-17(2)3/h11-12,17H,4-10,13-16H2,1-3H3,(H,22,23)(H,24,25). The molecule has 0 amide bonds. The lowest BCUT2D eigenvalue weighted by Crippen LogP contribution is -2.53. The third-order valence-corrected chi connectivity index (χ3v) is 6.07. The van der Waals surface area contributed by atoms with E-state index in [-0.39, 0.29) is 0 Å². The average molecular weight is 353 g/mol. The van der Waals surface area contributed by atoms with Gasteiger partial charge < -0.3 is 10.2 Å². The van der Waals surface area contributed by atoms with Crippen molar-refractivity contribution in [2.24, 2.45) is 16.7 Å². The summed E-state index contributed by atoms with van der Waals surface area (Å²) in [6, 6.07) is 0. The maximum Gasteiger partial charge on any atom is 0.311 e. The topological polar surface area (TPSA) is 74.6 Å². The third-order valence-electron chi connectivity index (χ3n) is 6.07. The van der Waals surface area contributed by atoms with Crippen LogP contribution in [0, 0.1) is 16.7 Å². The van der Waals surface area contributed by atoms with Gasteiger partial charge in [0, 0.05) is 0 Å². The molecule has 0 aliphatic heterocycles. The molecule has 0 heterocycles. The van der Waals surface area contributed by atoms with E-state index >= 15 is 0 Å². The van der Waals surface area contributed by atoms with Crippen LogP contribution in [-0.4, -0.2) is 22.2 Å². The molecule has 0 aromatic carbocycles. The van der Waals surface area contributed by atoms with Crippen LogP contribution >= 0.6 is 0 Å². The normalized spacial score (nSPS) is 26.1. The summed E-state index contributed by atoms with van der Waals surface area (Å²) in [5.41, 5.74) is -2.34. The molecule has 0 aromatic rings. The lowest BCUT2D eigenvalue weighted by molar-refractivity contribution is -0.176. The first-order chi connectivity index (χ1) is 11.8. The number of carbonyl (C=O) groups is 2. The molecule has 4 heteroatoms. The Morgan fingerprint density at radius 1 is 0.880 bits per heavy atom. The quantitative estimate of drug-likeness (QED) is 0.351. The van der Waals surface area contributed by atoms with Gasteiger partial charge in [-0.3, -0.25) is 9.59 Å². The molecular formula is C21H36O4. The third kappa shape index (κ3) is 5.08. The molecule has 1 rings (SSSR count). The first-order valence-corrected chi connectivity index (χ1v) is 9.94. The highest BCUT2D eigenvalue weighted by atomic mass is 16.4. The maximum absolute atomic E-state index is 12.1. The van der Waals surface area contributed by atoms with E-state index in [9.17, 15) is 19.8 Å². The van der Waals surface area contributed by atoms with Crippen molar-refractivity contribution in [3.8, 4) is 0 Å². The minimum atomic E-state index is -1.18. The fourth-order valence-electron chi connectivity index (χ4n) is 4.31. The lowest BCUT2D eigenvalue weighted by Gasteiger charge is -2.46. The van der Waals surface area contributed by atoms with E-state index in [1.807, 2.05) is 12.2 Å². The summed E-state index contributed by atoms with van der Waals surface area (Å²) in [5.74, 6) is -1.15. The van der Waals surface area contributed by atoms with Gasteiger partial charge in [0.1, 0.15) is 0 Å². The summed E-state index contributed by atoms with van der Waals surface area (Å²) >= 11 is 0. The van der Waals surface area contributed by atoms with Crippen molar-refractivity contribution in [1.82, 2.24) is 0 Å². The van der Waals surface area contributed by atoms with Gasteiger partial charge in [-0.05, 0) is 31.6 Å². The Morgan fingerprint density at radius 3 is 1.84 bits per heavy atom. The van der Waals surface area contributed by atoms with Crippen molar-refractivity contribution in [2.45, 2.75) is 91.4 Å². The highest BCUT2D eigenvalue weighted by Gasteiger charge is 2.59. The Kier molecular flexibility index (Phi) is 8.67. The van der Waals surface area contributed by atoms with Crippen LogP contribution in [0.2, 0.25) is 0 Å². The number of hydrogen-bond donors (Lipinski definition) is 2. The van der Waals surface area contributed by atoms with Crippen molar-refractivity contribution in [3.63, 3.8) is 0 Å². The van der Waals surface area contributed by atoms with E-state index < -0.39 is 22.8 Å². The molecule has 0 saturated carbocycles. The number of rotatable bonds is 12. The Hall–Kier alpha value is -1.32. The minimum Gasteiger partial charge on any atom is -0.481 e. The first-order valence-electron chi connectivity index (χ1n) is 9.94. The van der Waals surface area contributed by atoms with Gasteiger partial charge >= 0.3 is 11.9 Å². The molecule has 2 atom stereocenters. The van der Waals surface area contributed by atoms with Gasteiger partial charge in [0.15, 0.2) is 0 Å². The summed E-state index contributed by atoms with van der Waals surface area (Å²) in [4.78, 5) is 24.1. The maximum atomic E-state index is 12.1. The molecule has 1 aliphatic carbocycles. The molecule has 0 spiro atoms. The molecule has 2 unspecified atom stereocenters. The van der Waals surface area contributed by atoms with Gasteiger partial charge in [-0.25, -0.2) is 0 Å². The van der Waals surface area contributed by atoms with Gasteiger partial charge in [-0.1, -0.05) is 77.9 Å². The molecule has 0 saturated heterocycles. The smallest absolute Gasteiger partial charge is 0.311 e. The largest absolute Gasteiger partial charge is 0.481 e. The molecule has 0 aromatic heterocycles. The van der Waals surface area contributed by atoms with Crippen LogP contribution in [0.1, 0.15) is 91.4 Å². The second kappa shape index (κ2) is 9.98. The van der Waals surface area contributed by atoms with Crippen LogP contribution in [-0.2, 0) is 9.59 Å². The molecule has 0 fully saturated rings. The van der Waals surface area contributed by atoms with Gasteiger partial charge in [0.25, 0.3) is 0 Å². The van der Waals surface area contributed by atoms with Crippen molar-refractivity contribution in [3.05, 3.63) is 12.2 Å². The predicted octanol–water partition coefficient (Wildman–Crippen LogP) is 5.67. The number of carboxylic acid groups (broad SMARTS) is 2. The number of aliphatic carboxylic acids is 2. The van der Waals surface area contributed by atoms with Crippen LogP contribution in [0.3, 0.4) is 0 Å². The highest BCUT2D eigenvalue weighted by molar-refractivity contribution is 5.87. The SMILES string of the molecule is CCC1(C(=O)O)CC=CCC1(CCCCCCCCC(C)C)C(=O)O. The van der Waals surface area contributed by atoms with Gasteiger partial charge in [0.05, 0.1) is 10.8 Å². The summed E-state index contributed by atoms with van der Waals surface area (Å²) in [5, 5.41) is 19.8. The summed E-state index contributed by atoms with van der Waals surface area (Å²) in [6.45, 7) is 6.29. The Bertz CT molecular complexity index is 469. The summed E-state index contributed by atoms with van der Waals surface area (Å²) in [7, 11) is 0. The van der Waals surface area contributed by atoms with E-state index in [2.05, 4.69) is 13.8 Å². The number of unbranched alkanes of at least 4 members (excludes halogenated alkanes) is 5. The molecule has 2 N–H and O–H groups in total. The zero-order chi connectivity index (χ0) is 18.9. The first kappa shape index (κ1) is 21.7. The van der Waals surface area contributed by atoms with E-state index in [0.29, 0.717) is 25.7 Å². The van der Waals surface area contributed by atoms with Gasteiger partial charge in [-0.2, -0.15) is 0 Å². The van der Waals surface area contributed by atoms with Crippen LogP contribution < -0.4 is 0 Å². The van der Waals surface area contributed by atoms with Crippen LogP contribution in [0.5, 0.6) is 0 Å². The fraction of sp³-hybridized carbons (Fsp3) is 0.810. The monoisotopic (exact) mass is 352 g/mol. The van der Waals surface area contributed by atoms with Crippen molar-refractivity contribution in [1.29, 1.82) is 0 Å². The van der Waals surface area contributed by atoms with Crippen molar-refractivity contribution >= 4 is 11.9 Å². The lowest BCUT2D eigenvalue weighted by atomic mass is 9.54. The van der Waals surface area contributed by atoms with Gasteiger partial charge in [-0.15, -0.1) is 0 Å². The molecule has 4 nitrogen and oxygen atoms in total. The van der Waals surface area contributed by atoms with E-state index in [0.717, 1.165) is 25.2 Å². The highest BCUT2D eigenvalue weighted by Crippen LogP contribution is 2.54. The molecule has 144 valence electrons.